The van der Waals surface area contributed by atoms with E-state index in [0.717, 1.165) is 25.7 Å². The van der Waals surface area contributed by atoms with Gasteiger partial charge in [0.15, 0.2) is 13.2 Å². The largest absolute Gasteiger partial charge is 0.392 e. The Hall–Kier alpha value is -1.06. The van der Waals surface area contributed by atoms with Gasteiger partial charge in [0.1, 0.15) is 0 Å². The molecule has 18 heavy (non-hydrogen) atoms. The zero-order valence-electron chi connectivity index (χ0n) is 11.2. The zero-order chi connectivity index (χ0) is 12.5. The minimum Gasteiger partial charge on any atom is -0.392 e. The van der Waals surface area contributed by atoms with E-state index in [0.29, 0.717) is 13.2 Å². The Kier molecular flexibility index (Phi) is 6.03. The second-order valence-corrected chi connectivity index (χ2v) is 5.10. The maximum Gasteiger partial charge on any atom is 0.153 e. The van der Waals surface area contributed by atoms with Crippen molar-refractivity contribution >= 4 is 11.4 Å². The van der Waals surface area contributed by atoms with Crippen LogP contribution in [-0.2, 0) is 9.68 Å². The lowest BCUT2D eigenvalue weighted by Gasteiger charge is -2.12. The molecule has 4 heteroatoms. The summed E-state index contributed by atoms with van der Waals surface area (Å²) in [6, 6.07) is 0. The van der Waals surface area contributed by atoms with Crippen LogP contribution in [0, 0.1) is 0 Å². The second kappa shape index (κ2) is 8.11. The Morgan fingerprint density at radius 3 is 1.39 bits per heavy atom. The van der Waals surface area contributed by atoms with Crippen LogP contribution in [0.5, 0.6) is 0 Å². The fourth-order valence-electron chi connectivity index (χ4n) is 2.45. The van der Waals surface area contributed by atoms with E-state index in [2.05, 4.69) is 10.3 Å². The Morgan fingerprint density at radius 2 is 1.00 bits per heavy atom. The molecule has 2 saturated carbocycles. The van der Waals surface area contributed by atoms with E-state index in [1.54, 1.807) is 0 Å². The van der Waals surface area contributed by atoms with Gasteiger partial charge in [0.25, 0.3) is 0 Å². The Balaban J connectivity index is 1.52. The molecular formula is C14H24N2O2. The molecule has 4 nitrogen and oxygen atoms in total. The number of rotatable bonds is 5. The first-order chi connectivity index (χ1) is 8.95. The first-order valence-corrected chi connectivity index (χ1v) is 7.30. The minimum absolute atomic E-state index is 0.500. The predicted molar refractivity (Wildman–Crippen MR) is 72.9 cm³/mol. The number of oxime groups is 2. The van der Waals surface area contributed by atoms with Gasteiger partial charge in [-0.1, -0.05) is 23.2 Å². The van der Waals surface area contributed by atoms with Crippen molar-refractivity contribution in [3.8, 4) is 0 Å². The van der Waals surface area contributed by atoms with Crippen LogP contribution in [0.2, 0.25) is 0 Å². The first-order valence-electron chi connectivity index (χ1n) is 7.30. The molecule has 2 aliphatic carbocycles. The van der Waals surface area contributed by atoms with E-state index >= 15 is 0 Å². The molecule has 0 unspecified atom stereocenters. The smallest absolute Gasteiger partial charge is 0.153 e. The van der Waals surface area contributed by atoms with Crippen molar-refractivity contribution in [2.45, 2.75) is 64.2 Å². The summed E-state index contributed by atoms with van der Waals surface area (Å²) in [5.74, 6) is 0. The number of nitrogens with zero attached hydrogens (tertiary/aromatic N) is 2. The highest BCUT2D eigenvalue weighted by molar-refractivity contribution is 5.84. The molecule has 102 valence electrons. The van der Waals surface area contributed by atoms with E-state index in [-0.39, 0.29) is 0 Å². The van der Waals surface area contributed by atoms with Crippen molar-refractivity contribution in [3.63, 3.8) is 0 Å². The molecule has 0 aliphatic heterocycles. The fourth-order valence-corrected chi connectivity index (χ4v) is 2.45. The summed E-state index contributed by atoms with van der Waals surface area (Å²) in [6.07, 6.45) is 12.1. The summed E-state index contributed by atoms with van der Waals surface area (Å²) in [4.78, 5) is 10.5. The van der Waals surface area contributed by atoms with Crippen molar-refractivity contribution in [2.75, 3.05) is 13.2 Å². The maximum absolute atomic E-state index is 5.26. The molecule has 2 rings (SSSR count). The quantitative estimate of drug-likeness (QED) is 0.553. The highest BCUT2D eigenvalue weighted by Crippen LogP contribution is 2.15. The Labute approximate surface area is 109 Å². The van der Waals surface area contributed by atoms with Gasteiger partial charge in [-0.25, -0.2) is 0 Å². The summed E-state index contributed by atoms with van der Waals surface area (Å²) in [7, 11) is 0. The minimum atomic E-state index is 0.500. The lowest BCUT2D eigenvalue weighted by atomic mass is 9.99. The van der Waals surface area contributed by atoms with Crippen LogP contribution < -0.4 is 0 Å². The average molecular weight is 252 g/mol. The third-order valence-corrected chi connectivity index (χ3v) is 3.51. The lowest BCUT2D eigenvalue weighted by molar-refractivity contribution is 0.0526. The highest BCUT2D eigenvalue weighted by Gasteiger charge is 2.07. The molecule has 0 spiro atoms. The van der Waals surface area contributed by atoms with E-state index in [1.807, 2.05) is 0 Å². The van der Waals surface area contributed by atoms with Gasteiger partial charge in [0.2, 0.25) is 0 Å². The first kappa shape index (κ1) is 13.4. The van der Waals surface area contributed by atoms with Crippen LogP contribution in [0.3, 0.4) is 0 Å². The molecule has 0 heterocycles. The van der Waals surface area contributed by atoms with Crippen LogP contribution >= 0.6 is 0 Å². The van der Waals surface area contributed by atoms with Gasteiger partial charge in [-0.15, -0.1) is 0 Å². The van der Waals surface area contributed by atoms with Gasteiger partial charge < -0.3 is 9.68 Å². The molecule has 2 fully saturated rings. The van der Waals surface area contributed by atoms with E-state index in [9.17, 15) is 0 Å². The monoisotopic (exact) mass is 252 g/mol. The number of hydrogen-bond acceptors (Lipinski definition) is 4. The van der Waals surface area contributed by atoms with Gasteiger partial charge in [0.05, 0.1) is 11.4 Å². The zero-order valence-corrected chi connectivity index (χ0v) is 11.2. The van der Waals surface area contributed by atoms with Crippen LogP contribution in [0.15, 0.2) is 10.3 Å². The third kappa shape index (κ3) is 5.07. The topological polar surface area (TPSA) is 43.2 Å². The Bertz CT molecular complexity index is 254. The van der Waals surface area contributed by atoms with E-state index in [1.165, 1.54) is 49.9 Å². The summed E-state index contributed by atoms with van der Waals surface area (Å²) in [5.41, 5.74) is 2.42. The van der Waals surface area contributed by atoms with Crippen LogP contribution in [0.4, 0.5) is 0 Å². The van der Waals surface area contributed by atoms with Gasteiger partial charge in [0, 0.05) is 0 Å². The average Bonchev–Trinajstić information content (AvgIpc) is 2.45. The summed E-state index contributed by atoms with van der Waals surface area (Å²) < 4.78 is 0. The molecule has 0 aromatic heterocycles. The van der Waals surface area contributed by atoms with Gasteiger partial charge in [-0.05, 0) is 51.4 Å². The normalized spacial score (nSPS) is 20.4. The molecule has 0 atom stereocenters. The second-order valence-electron chi connectivity index (χ2n) is 5.10. The molecule has 0 bridgehead atoms. The maximum atomic E-state index is 5.26. The fraction of sp³-hybridized carbons (Fsp3) is 0.857. The van der Waals surface area contributed by atoms with Crippen molar-refractivity contribution < 1.29 is 9.68 Å². The molecule has 0 N–H and O–H groups in total. The predicted octanol–water partition coefficient (Wildman–Crippen LogP) is 3.66. The van der Waals surface area contributed by atoms with Gasteiger partial charge in [-0.3, -0.25) is 0 Å². The van der Waals surface area contributed by atoms with Crippen molar-refractivity contribution in [1.82, 2.24) is 0 Å². The summed E-state index contributed by atoms with van der Waals surface area (Å²) in [6.45, 7) is 1.00. The highest BCUT2D eigenvalue weighted by atomic mass is 16.7. The summed E-state index contributed by atoms with van der Waals surface area (Å²) in [5, 5.41) is 8.31. The molecular weight excluding hydrogens is 228 g/mol. The van der Waals surface area contributed by atoms with Gasteiger partial charge >= 0.3 is 0 Å². The summed E-state index contributed by atoms with van der Waals surface area (Å²) >= 11 is 0. The van der Waals surface area contributed by atoms with Crippen LogP contribution in [0.25, 0.3) is 0 Å². The van der Waals surface area contributed by atoms with Crippen LogP contribution in [0.1, 0.15) is 64.2 Å². The lowest BCUT2D eigenvalue weighted by Crippen LogP contribution is -2.08. The molecule has 2 aliphatic rings. The Morgan fingerprint density at radius 1 is 0.611 bits per heavy atom. The molecule has 0 saturated heterocycles. The third-order valence-electron chi connectivity index (χ3n) is 3.51. The SMILES string of the molecule is C1CCC(=NOCCON=C2CCCCC2)CC1. The molecule has 0 radical (unpaired) electrons. The number of hydrogen-bond donors (Lipinski definition) is 0. The van der Waals surface area contributed by atoms with Crippen LogP contribution in [-0.4, -0.2) is 24.6 Å². The molecule has 0 aromatic rings. The van der Waals surface area contributed by atoms with Gasteiger partial charge in [-0.2, -0.15) is 0 Å². The van der Waals surface area contributed by atoms with E-state index < -0.39 is 0 Å². The van der Waals surface area contributed by atoms with E-state index in [4.69, 9.17) is 9.68 Å². The molecule has 0 aromatic carbocycles. The molecule has 0 amide bonds. The van der Waals surface area contributed by atoms with Crippen molar-refractivity contribution in [1.29, 1.82) is 0 Å². The standard InChI is InChI=1S/C14H24N2O2/c1-3-7-13(8-4-1)15-17-11-12-18-16-14-9-5-2-6-10-14/h1-12H2. The van der Waals surface area contributed by atoms with Crippen molar-refractivity contribution in [2.24, 2.45) is 10.3 Å². The van der Waals surface area contributed by atoms with Crippen molar-refractivity contribution in [3.05, 3.63) is 0 Å².